The fourth-order valence-electron chi connectivity index (χ4n) is 2.42. The standard InChI is InChI=1S/C22H13F5O/c1-13-8-18(23)17(19(24)9-13)7-6-14-2-4-15(5-3-14)12-28-16-10-20(25)22(27)21(26)11-16/h2-5,8-11H,12H2,1H3. The van der Waals surface area contributed by atoms with Crippen LogP contribution in [0.15, 0.2) is 48.5 Å². The lowest BCUT2D eigenvalue weighted by molar-refractivity contribution is 0.299. The summed E-state index contributed by atoms with van der Waals surface area (Å²) in [7, 11) is 0. The molecule has 0 radical (unpaired) electrons. The van der Waals surface area contributed by atoms with Crippen LogP contribution in [-0.4, -0.2) is 0 Å². The molecule has 0 fully saturated rings. The van der Waals surface area contributed by atoms with Crippen LogP contribution in [0.1, 0.15) is 22.3 Å². The van der Waals surface area contributed by atoms with Gasteiger partial charge in [-0.1, -0.05) is 24.0 Å². The Hall–Kier alpha value is -3.33. The van der Waals surface area contributed by atoms with Crippen molar-refractivity contribution in [1.29, 1.82) is 0 Å². The summed E-state index contributed by atoms with van der Waals surface area (Å²) >= 11 is 0. The maximum atomic E-state index is 13.8. The lowest BCUT2D eigenvalue weighted by Crippen LogP contribution is -1.98. The van der Waals surface area contributed by atoms with Crippen molar-refractivity contribution in [1.82, 2.24) is 0 Å². The van der Waals surface area contributed by atoms with Crippen LogP contribution in [0.4, 0.5) is 22.0 Å². The quantitative estimate of drug-likeness (QED) is 0.319. The Kier molecular flexibility index (Phi) is 5.65. The van der Waals surface area contributed by atoms with Gasteiger partial charge in [-0.25, -0.2) is 22.0 Å². The fraction of sp³-hybridized carbons (Fsp3) is 0.0909. The minimum atomic E-state index is -1.56. The van der Waals surface area contributed by atoms with Gasteiger partial charge in [-0.2, -0.15) is 0 Å². The van der Waals surface area contributed by atoms with E-state index in [0.717, 1.165) is 12.1 Å². The average molecular weight is 388 g/mol. The Balaban J connectivity index is 1.70. The van der Waals surface area contributed by atoms with E-state index in [1.54, 1.807) is 31.2 Å². The molecule has 142 valence electrons. The summed E-state index contributed by atoms with van der Waals surface area (Å²) in [5, 5.41) is 0. The zero-order valence-corrected chi connectivity index (χ0v) is 14.6. The third kappa shape index (κ3) is 4.49. The molecule has 28 heavy (non-hydrogen) atoms. The van der Waals surface area contributed by atoms with Gasteiger partial charge in [0.05, 0.1) is 5.56 Å². The molecule has 0 atom stereocenters. The molecule has 0 aliphatic heterocycles. The summed E-state index contributed by atoms with van der Waals surface area (Å²) in [5.74, 6) is -0.694. The van der Waals surface area contributed by atoms with Crippen LogP contribution >= 0.6 is 0 Å². The molecular weight excluding hydrogens is 375 g/mol. The lowest BCUT2D eigenvalue weighted by atomic mass is 10.1. The number of aryl methyl sites for hydroxylation is 1. The molecule has 0 aliphatic rings. The molecule has 6 heteroatoms. The molecule has 0 aromatic heterocycles. The van der Waals surface area contributed by atoms with E-state index in [9.17, 15) is 22.0 Å². The van der Waals surface area contributed by atoms with Crippen LogP contribution in [0.25, 0.3) is 0 Å². The van der Waals surface area contributed by atoms with E-state index in [4.69, 9.17) is 4.74 Å². The van der Waals surface area contributed by atoms with Crippen LogP contribution in [0.2, 0.25) is 0 Å². The Labute approximate surface area is 158 Å². The van der Waals surface area contributed by atoms with Crippen molar-refractivity contribution in [3.63, 3.8) is 0 Å². The van der Waals surface area contributed by atoms with Crippen molar-refractivity contribution >= 4 is 0 Å². The highest BCUT2D eigenvalue weighted by Gasteiger charge is 2.11. The highest BCUT2D eigenvalue weighted by atomic mass is 19.2. The second kappa shape index (κ2) is 8.13. The maximum Gasteiger partial charge on any atom is 0.194 e. The number of halogens is 5. The molecule has 3 rings (SSSR count). The van der Waals surface area contributed by atoms with E-state index in [-0.39, 0.29) is 17.9 Å². The summed E-state index contributed by atoms with van der Waals surface area (Å²) in [5.41, 5.74) is 1.33. The molecule has 0 saturated heterocycles. The van der Waals surface area contributed by atoms with Crippen molar-refractivity contribution in [2.45, 2.75) is 13.5 Å². The van der Waals surface area contributed by atoms with E-state index in [0.29, 0.717) is 16.7 Å². The Morgan fingerprint density at radius 1 is 0.750 bits per heavy atom. The van der Waals surface area contributed by atoms with Crippen LogP contribution in [0.3, 0.4) is 0 Å². The van der Waals surface area contributed by atoms with Gasteiger partial charge in [-0.15, -0.1) is 0 Å². The molecule has 3 aromatic carbocycles. The number of benzene rings is 3. The van der Waals surface area contributed by atoms with Gasteiger partial charge in [0, 0.05) is 17.7 Å². The van der Waals surface area contributed by atoms with E-state index in [2.05, 4.69) is 11.8 Å². The fourth-order valence-corrected chi connectivity index (χ4v) is 2.42. The van der Waals surface area contributed by atoms with Crippen molar-refractivity contribution in [2.24, 2.45) is 0 Å². The average Bonchev–Trinajstić information content (AvgIpc) is 2.64. The molecule has 0 amide bonds. The van der Waals surface area contributed by atoms with E-state index < -0.39 is 29.1 Å². The van der Waals surface area contributed by atoms with Crippen LogP contribution < -0.4 is 4.74 Å². The first kappa shape index (κ1) is 19.4. The molecule has 0 N–H and O–H groups in total. The van der Waals surface area contributed by atoms with Gasteiger partial charge in [0.2, 0.25) is 0 Å². The Bertz CT molecular complexity index is 1030. The molecule has 0 spiro atoms. The first-order chi connectivity index (χ1) is 13.3. The Morgan fingerprint density at radius 3 is 1.89 bits per heavy atom. The third-order valence-electron chi connectivity index (χ3n) is 3.84. The van der Waals surface area contributed by atoms with Crippen molar-refractivity contribution in [2.75, 3.05) is 0 Å². The van der Waals surface area contributed by atoms with Crippen LogP contribution in [0.5, 0.6) is 5.75 Å². The summed E-state index contributed by atoms with van der Waals surface area (Å²) < 4.78 is 72.0. The van der Waals surface area contributed by atoms with Crippen LogP contribution in [-0.2, 0) is 6.61 Å². The van der Waals surface area contributed by atoms with Gasteiger partial charge in [-0.05, 0) is 42.3 Å². The smallest absolute Gasteiger partial charge is 0.194 e. The van der Waals surface area contributed by atoms with Crippen LogP contribution in [0, 0.1) is 47.9 Å². The normalized spacial score (nSPS) is 10.4. The first-order valence-electron chi connectivity index (χ1n) is 8.17. The Morgan fingerprint density at radius 2 is 1.32 bits per heavy atom. The molecule has 0 heterocycles. The summed E-state index contributed by atoms with van der Waals surface area (Å²) in [6.45, 7) is 1.57. The molecule has 3 aromatic rings. The number of hydrogen-bond donors (Lipinski definition) is 0. The molecule has 0 unspecified atom stereocenters. The highest BCUT2D eigenvalue weighted by molar-refractivity contribution is 5.45. The second-order valence-corrected chi connectivity index (χ2v) is 6.04. The zero-order chi connectivity index (χ0) is 20.3. The van der Waals surface area contributed by atoms with Gasteiger partial charge in [0.25, 0.3) is 0 Å². The summed E-state index contributed by atoms with van der Waals surface area (Å²) in [6, 6.07) is 10.4. The van der Waals surface area contributed by atoms with Crippen molar-refractivity contribution in [3.05, 3.63) is 99.9 Å². The summed E-state index contributed by atoms with van der Waals surface area (Å²) in [4.78, 5) is 0. The largest absolute Gasteiger partial charge is 0.489 e. The van der Waals surface area contributed by atoms with Gasteiger partial charge < -0.3 is 4.74 Å². The minimum Gasteiger partial charge on any atom is -0.489 e. The molecule has 0 saturated carbocycles. The number of hydrogen-bond acceptors (Lipinski definition) is 1. The molecular formula is C22H13F5O. The topological polar surface area (TPSA) is 9.23 Å². The van der Waals surface area contributed by atoms with E-state index in [1.165, 1.54) is 12.1 Å². The number of rotatable bonds is 3. The molecule has 0 bridgehead atoms. The number of ether oxygens (including phenoxy) is 1. The minimum absolute atomic E-state index is 0.0144. The maximum absolute atomic E-state index is 13.8. The van der Waals surface area contributed by atoms with Crippen molar-refractivity contribution < 1.29 is 26.7 Å². The molecule has 0 aliphatic carbocycles. The second-order valence-electron chi connectivity index (χ2n) is 6.04. The predicted molar refractivity (Wildman–Crippen MR) is 94.2 cm³/mol. The third-order valence-corrected chi connectivity index (χ3v) is 3.84. The summed E-state index contributed by atoms with van der Waals surface area (Å²) in [6.07, 6.45) is 0. The lowest BCUT2D eigenvalue weighted by Gasteiger charge is -2.07. The first-order valence-corrected chi connectivity index (χ1v) is 8.17. The highest BCUT2D eigenvalue weighted by Crippen LogP contribution is 2.20. The monoisotopic (exact) mass is 388 g/mol. The SMILES string of the molecule is Cc1cc(F)c(C#Cc2ccc(COc3cc(F)c(F)c(F)c3)cc2)c(F)c1. The molecule has 1 nitrogen and oxygen atoms in total. The van der Waals surface area contributed by atoms with Gasteiger partial charge in [0.15, 0.2) is 17.5 Å². The van der Waals surface area contributed by atoms with E-state index >= 15 is 0 Å². The van der Waals surface area contributed by atoms with Crippen molar-refractivity contribution in [3.8, 4) is 17.6 Å². The van der Waals surface area contributed by atoms with Gasteiger partial charge >= 0.3 is 0 Å². The van der Waals surface area contributed by atoms with Gasteiger partial charge in [-0.3, -0.25) is 0 Å². The van der Waals surface area contributed by atoms with Gasteiger partial charge in [0.1, 0.15) is 24.0 Å². The zero-order valence-electron chi connectivity index (χ0n) is 14.6. The predicted octanol–water partition coefficient (Wildman–Crippen LogP) is 5.67. The van der Waals surface area contributed by atoms with E-state index in [1.807, 2.05) is 0 Å².